The van der Waals surface area contributed by atoms with Crippen LogP contribution in [0.2, 0.25) is 0 Å². The lowest BCUT2D eigenvalue weighted by Crippen LogP contribution is -2.45. The first kappa shape index (κ1) is 16.0. The van der Waals surface area contributed by atoms with Crippen molar-refractivity contribution in [2.24, 2.45) is 5.73 Å². The van der Waals surface area contributed by atoms with Crippen LogP contribution < -0.4 is 5.73 Å². The molecule has 0 saturated carbocycles. The first-order valence-electron chi connectivity index (χ1n) is 6.81. The van der Waals surface area contributed by atoms with Crippen molar-refractivity contribution < 1.29 is 17.6 Å². The van der Waals surface area contributed by atoms with Gasteiger partial charge in [0, 0.05) is 39.3 Å². The maximum atomic E-state index is 12.5. The smallest absolute Gasteiger partial charge is 0.275 e. The molecule has 1 aliphatic rings. The zero-order chi connectivity index (χ0) is 15.8. The fourth-order valence-electron chi connectivity index (χ4n) is 2.34. The van der Waals surface area contributed by atoms with E-state index in [1.54, 1.807) is 11.8 Å². The number of carbonyl (C=O) groups is 1. The van der Waals surface area contributed by atoms with Crippen LogP contribution in [0.3, 0.4) is 0 Å². The van der Waals surface area contributed by atoms with Crippen LogP contribution in [0.4, 0.5) is 0 Å². The second-order valence-corrected chi connectivity index (χ2v) is 7.56. The fraction of sp³-hybridized carbons (Fsp3) is 0.615. The highest BCUT2D eigenvalue weighted by molar-refractivity contribution is 7.88. The lowest BCUT2D eigenvalue weighted by atomic mass is 10.1. The summed E-state index contributed by atoms with van der Waals surface area (Å²) in [5, 5.41) is -0.213. The molecule has 0 aliphatic carbocycles. The average Bonchev–Trinajstić information content (AvgIpc) is 2.80. The van der Waals surface area contributed by atoms with E-state index >= 15 is 0 Å². The second kappa shape index (κ2) is 5.78. The molecule has 118 valence electrons. The topological polar surface area (TPSA) is 96.8 Å². The predicted octanol–water partition coefficient (Wildman–Crippen LogP) is 0.402. The van der Waals surface area contributed by atoms with Gasteiger partial charge in [-0.05, 0) is 19.8 Å². The molecule has 1 saturated heterocycles. The minimum absolute atomic E-state index is 0.0279. The van der Waals surface area contributed by atoms with Crippen LogP contribution in [0.1, 0.15) is 29.0 Å². The number of aryl methyl sites for hydroxylation is 1. The average molecular weight is 315 g/mol. The number of carbonyl (C=O) groups excluding carboxylic acids is 1. The summed E-state index contributed by atoms with van der Waals surface area (Å²) < 4.78 is 30.4. The molecule has 21 heavy (non-hydrogen) atoms. The number of amides is 1. The minimum Gasteiger partial charge on any atom is -0.448 e. The molecule has 1 atom stereocenters. The molecular formula is C13H21N3O4S. The fourth-order valence-corrected chi connectivity index (χ4v) is 3.20. The molecule has 1 amide bonds. The SMILES string of the molecule is Cc1oc(S(=O)(=O)N(C)C)cc1C(=O)N1CCCC(N)C1. The third-order valence-corrected chi connectivity index (χ3v) is 5.28. The van der Waals surface area contributed by atoms with Crippen LogP contribution in [0, 0.1) is 6.92 Å². The van der Waals surface area contributed by atoms with Gasteiger partial charge in [-0.15, -0.1) is 0 Å². The molecule has 0 radical (unpaired) electrons. The van der Waals surface area contributed by atoms with Gasteiger partial charge in [0.2, 0.25) is 5.09 Å². The first-order chi connectivity index (χ1) is 9.73. The lowest BCUT2D eigenvalue weighted by molar-refractivity contribution is 0.0707. The Morgan fingerprint density at radius 3 is 2.71 bits per heavy atom. The van der Waals surface area contributed by atoms with Gasteiger partial charge >= 0.3 is 0 Å². The summed E-state index contributed by atoms with van der Waals surface area (Å²) in [5.41, 5.74) is 6.16. The molecule has 2 heterocycles. The van der Waals surface area contributed by atoms with E-state index in [0.29, 0.717) is 18.8 Å². The Balaban J connectivity index is 2.29. The van der Waals surface area contributed by atoms with E-state index in [1.165, 1.54) is 20.2 Å². The van der Waals surface area contributed by atoms with Crippen LogP contribution in [-0.2, 0) is 10.0 Å². The molecule has 0 spiro atoms. The summed E-state index contributed by atoms with van der Waals surface area (Å²) in [5.74, 6) is 0.0752. The van der Waals surface area contributed by atoms with E-state index in [4.69, 9.17) is 10.2 Å². The number of hydrogen-bond acceptors (Lipinski definition) is 5. The minimum atomic E-state index is -3.68. The van der Waals surface area contributed by atoms with E-state index in [-0.39, 0.29) is 22.6 Å². The van der Waals surface area contributed by atoms with E-state index in [0.717, 1.165) is 17.1 Å². The standard InChI is InChI=1S/C13H21N3O4S/c1-9-11(7-12(20-9)21(18,19)15(2)3)13(17)16-6-4-5-10(14)8-16/h7,10H,4-6,8,14H2,1-3H3. The zero-order valence-electron chi connectivity index (χ0n) is 12.5. The van der Waals surface area contributed by atoms with Crippen molar-refractivity contribution in [3.63, 3.8) is 0 Å². The molecule has 7 nitrogen and oxygen atoms in total. The third kappa shape index (κ3) is 3.12. The van der Waals surface area contributed by atoms with E-state index in [1.807, 2.05) is 0 Å². The van der Waals surface area contributed by atoms with E-state index < -0.39 is 10.0 Å². The summed E-state index contributed by atoms with van der Waals surface area (Å²) in [7, 11) is -0.852. The van der Waals surface area contributed by atoms with Crippen molar-refractivity contribution in [3.05, 3.63) is 17.4 Å². The number of piperidine rings is 1. The number of sulfonamides is 1. The molecule has 2 N–H and O–H groups in total. The van der Waals surface area contributed by atoms with Crippen LogP contribution in [0.5, 0.6) is 0 Å². The van der Waals surface area contributed by atoms with Crippen molar-refractivity contribution in [1.82, 2.24) is 9.21 Å². The first-order valence-corrected chi connectivity index (χ1v) is 8.25. The molecule has 1 aromatic heterocycles. The maximum Gasteiger partial charge on any atom is 0.275 e. The van der Waals surface area contributed by atoms with Crippen LogP contribution >= 0.6 is 0 Å². The Hall–Kier alpha value is -1.38. The van der Waals surface area contributed by atoms with Crippen molar-refractivity contribution in [2.75, 3.05) is 27.2 Å². The van der Waals surface area contributed by atoms with Gasteiger partial charge in [0.05, 0.1) is 5.56 Å². The Labute approximate surface area is 124 Å². The van der Waals surface area contributed by atoms with Crippen molar-refractivity contribution >= 4 is 15.9 Å². The highest BCUT2D eigenvalue weighted by Gasteiger charge is 2.29. The van der Waals surface area contributed by atoms with Gasteiger partial charge in [0.25, 0.3) is 15.9 Å². The second-order valence-electron chi connectivity index (χ2n) is 5.48. The number of nitrogens with zero attached hydrogens (tertiary/aromatic N) is 2. The summed E-state index contributed by atoms with van der Waals surface area (Å²) >= 11 is 0. The molecule has 0 bridgehead atoms. The third-order valence-electron chi connectivity index (χ3n) is 3.61. The molecule has 1 aromatic rings. The lowest BCUT2D eigenvalue weighted by Gasteiger charge is -2.30. The number of furan rings is 1. The number of nitrogens with two attached hydrogens (primary N) is 1. The van der Waals surface area contributed by atoms with E-state index in [9.17, 15) is 13.2 Å². The Morgan fingerprint density at radius 1 is 1.48 bits per heavy atom. The van der Waals surface area contributed by atoms with Gasteiger partial charge in [-0.1, -0.05) is 0 Å². The van der Waals surface area contributed by atoms with Gasteiger partial charge in [0.15, 0.2) is 0 Å². The highest BCUT2D eigenvalue weighted by Crippen LogP contribution is 2.23. The van der Waals surface area contributed by atoms with Crippen molar-refractivity contribution in [2.45, 2.75) is 30.9 Å². The van der Waals surface area contributed by atoms with Crippen molar-refractivity contribution in [3.8, 4) is 0 Å². The summed E-state index contributed by atoms with van der Waals surface area (Å²) in [6, 6.07) is 1.27. The molecular weight excluding hydrogens is 294 g/mol. The molecule has 0 aromatic carbocycles. The van der Waals surface area contributed by atoms with Gasteiger partial charge in [-0.3, -0.25) is 4.79 Å². The number of rotatable bonds is 3. The molecule has 2 rings (SSSR count). The summed E-state index contributed by atoms with van der Waals surface area (Å²) in [4.78, 5) is 14.1. The van der Waals surface area contributed by atoms with Gasteiger partial charge in [-0.25, -0.2) is 12.7 Å². The largest absolute Gasteiger partial charge is 0.448 e. The van der Waals surface area contributed by atoms with Gasteiger partial charge in [0.1, 0.15) is 5.76 Å². The molecule has 1 fully saturated rings. The highest BCUT2D eigenvalue weighted by atomic mass is 32.2. The zero-order valence-corrected chi connectivity index (χ0v) is 13.3. The van der Waals surface area contributed by atoms with Crippen LogP contribution in [0.15, 0.2) is 15.6 Å². The predicted molar refractivity (Wildman–Crippen MR) is 77.4 cm³/mol. The number of hydrogen-bond donors (Lipinski definition) is 1. The van der Waals surface area contributed by atoms with E-state index in [2.05, 4.69) is 0 Å². The maximum absolute atomic E-state index is 12.5. The van der Waals surface area contributed by atoms with Crippen molar-refractivity contribution in [1.29, 1.82) is 0 Å². The van der Waals surface area contributed by atoms with Gasteiger partial charge < -0.3 is 15.1 Å². The Kier molecular flexibility index (Phi) is 4.40. The molecule has 1 aliphatic heterocycles. The summed E-state index contributed by atoms with van der Waals surface area (Å²) in [6.45, 7) is 2.71. The quantitative estimate of drug-likeness (QED) is 0.871. The van der Waals surface area contributed by atoms with Gasteiger partial charge in [-0.2, -0.15) is 0 Å². The summed E-state index contributed by atoms with van der Waals surface area (Å²) in [6.07, 6.45) is 1.75. The Morgan fingerprint density at radius 2 is 2.14 bits per heavy atom. The Bertz CT molecular complexity index is 636. The molecule has 8 heteroatoms. The van der Waals surface area contributed by atoms with Crippen LogP contribution in [0.25, 0.3) is 0 Å². The monoisotopic (exact) mass is 315 g/mol. The molecule has 1 unspecified atom stereocenters. The van der Waals surface area contributed by atoms with Crippen LogP contribution in [-0.4, -0.2) is 56.8 Å². The normalized spacial score (nSPS) is 20.0. The number of likely N-dealkylation sites (tertiary alicyclic amines) is 1.